The van der Waals surface area contributed by atoms with Crippen molar-refractivity contribution in [2.24, 2.45) is 0 Å². The largest absolute Gasteiger partial charge is 0.416 e. The SMILES string of the molecule is CC(=O)Cl.CC(=O)N(c1ccccc1F)[C@H](C(=O)N1CCC[C@H]1c1ccccc1F)c1ccc(C(F)(F)F)cc1.O=C([C@@H](Nc1ccccc1F)c1ccc(C(F)(F)F)cc1)N1CCC[C@H]1c1ccccc1F. The number of likely N-dealkylation sites (tertiary alicyclic amines) is 2. The number of nitrogens with one attached hydrogen (secondary N) is 1. The lowest BCUT2D eigenvalue weighted by atomic mass is 9.98. The molecule has 4 atom stereocenters. The highest BCUT2D eigenvalue weighted by atomic mass is 35.5. The third-order valence-corrected chi connectivity index (χ3v) is 12.1. The lowest BCUT2D eigenvalue weighted by Crippen LogP contribution is -2.45. The molecule has 2 aliphatic rings. The van der Waals surface area contributed by atoms with Crippen LogP contribution in [0.15, 0.2) is 146 Å². The highest BCUT2D eigenvalue weighted by Gasteiger charge is 2.42. The van der Waals surface area contributed by atoms with E-state index in [4.69, 9.17) is 0 Å². The number of anilines is 2. The quantitative estimate of drug-likeness (QED) is 0.109. The molecule has 0 spiro atoms. The molecule has 8 nitrogen and oxygen atoms in total. The molecule has 6 aromatic carbocycles. The lowest BCUT2D eigenvalue weighted by Gasteiger charge is -2.35. The average Bonchev–Trinajstić information content (AvgIpc) is 4.04. The maximum Gasteiger partial charge on any atom is 0.416 e. The van der Waals surface area contributed by atoms with E-state index in [0.29, 0.717) is 43.4 Å². The third-order valence-electron chi connectivity index (χ3n) is 12.1. The first-order valence-corrected chi connectivity index (χ1v) is 23.1. The first-order valence-electron chi connectivity index (χ1n) is 22.7. The Bertz CT molecular complexity index is 2880. The number of benzene rings is 6. The van der Waals surface area contributed by atoms with Gasteiger partial charge in [-0.1, -0.05) is 84.9 Å². The van der Waals surface area contributed by atoms with Crippen molar-refractivity contribution in [1.29, 1.82) is 0 Å². The zero-order chi connectivity index (χ0) is 53.2. The Morgan fingerprint density at radius 2 is 0.945 bits per heavy atom. The summed E-state index contributed by atoms with van der Waals surface area (Å²) in [5.41, 5.74) is -0.935. The van der Waals surface area contributed by atoms with Crippen LogP contribution in [0.5, 0.6) is 0 Å². The van der Waals surface area contributed by atoms with Gasteiger partial charge >= 0.3 is 12.4 Å². The van der Waals surface area contributed by atoms with E-state index in [1.807, 2.05) is 0 Å². The van der Waals surface area contributed by atoms with Crippen LogP contribution in [0.1, 0.15) is 97.1 Å². The van der Waals surface area contributed by atoms with Gasteiger partial charge in [-0.15, -0.1) is 0 Å². The number of carbonyl (C=O) groups is 4. The maximum atomic E-state index is 14.8. The van der Waals surface area contributed by atoms with E-state index in [2.05, 4.69) is 16.9 Å². The van der Waals surface area contributed by atoms with E-state index in [0.717, 1.165) is 54.3 Å². The predicted molar refractivity (Wildman–Crippen MR) is 255 cm³/mol. The van der Waals surface area contributed by atoms with Gasteiger partial charge in [0.25, 0.3) is 5.91 Å². The predicted octanol–water partition coefficient (Wildman–Crippen LogP) is 13.7. The minimum atomic E-state index is -4.60. The van der Waals surface area contributed by atoms with Gasteiger partial charge < -0.3 is 15.1 Å². The van der Waals surface area contributed by atoms with Crippen LogP contribution in [-0.2, 0) is 31.5 Å². The molecule has 2 fully saturated rings. The van der Waals surface area contributed by atoms with Crippen LogP contribution < -0.4 is 10.2 Å². The summed E-state index contributed by atoms with van der Waals surface area (Å²) in [7, 11) is 0. The van der Waals surface area contributed by atoms with Crippen molar-refractivity contribution in [3.8, 4) is 0 Å². The molecule has 0 aliphatic carbocycles. The van der Waals surface area contributed by atoms with Gasteiger partial charge in [-0.2, -0.15) is 26.3 Å². The Hall–Kier alpha value is -7.21. The van der Waals surface area contributed by atoms with Gasteiger partial charge in [0.15, 0.2) is 0 Å². The number of carbonyl (C=O) groups excluding carboxylic acids is 4. The summed E-state index contributed by atoms with van der Waals surface area (Å²) in [5.74, 6) is -4.09. The summed E-state index contributed by atoms with van der Waals surface area (Å²) in [6.07, 6.45) is -6.91. The number of nitrogens with zero attached hydrogens (tertiary/aromatic N) is 3. The number of rotatable bonds is 10. The van der Waals surface area contributed by atoms with Crippen molar-refractivity contribution in [2.75, 3.05) is 23.3 Å². The molecule has 8 rings (SSSR count). The molecule has 0 aromatic heterocycles. The molecule has 19 heteroatoms. The molecular formula is C54H47ClF10N4O4. The number of alkyl halides is 6. The molecule has 2 saturated heterocycles. The van der Waals surface area contributed by atoms with E-state index in [1.165, 1.54) is 83.5 Å². The van der Waals surface area contributed by atoms with Crippen LogP contribution in [0.25, 0.3) is 0 Å². The smallest absolute Gasteiger partial charge is 0.368 e. The fraction of sp³-hybridized carbons (Fsp3) is 0.259. The maximum absolute atomic E-state index is 14.8. The second kappa shape index (κ2) is 24.0. The van der Waals surface area contributed by atoms with Crippen LogP contribution >= 0.6 is 11.6 Å². The van der Waals surface area contributed by atoms with Gasteiger partial charge in [0.2, 0.25) is 17.1 Å². The number of hydrogen-bond acceptors (Lipinski definition) is 5. The molecule has 3 amide bonds. The van der Waals surface area contributed by atoms with E-state index < -0.39 is 88.6 Å². The molecular weight excluding hydrogens is 994 g/mol. The van der Waals surface area contributed by atoms with E-state index in [9.17, 15) is 63.1 Å². The van der Waals surface area contributed by atoms with Crippen LogP contribution in [0.2, 0.25) is 0 Å². The van der Waals surface area contributed by atoms with Crippen LogP contribution in [0.4, 0.5) is 55.3 Å². The van der Waals surface area contributed by atoms with Gasteiger partial charge in [0, 0.05) is 38.1 Å². The third kappa shape index (κ3) is 13.7. The van der Waals surface area contributed by atoms with Crippen molar-refractivity contribution in [1.82, 2.24) is 9.80 Å². The number of amides is 3. The topological polar surface area (TPSA) is 90.0 Å². The highest BCUT2D eigenvalue weighted by Crippen LogP contribution is 2.41. The summed E-state index contributed by atoms with van der Waals surface area (Å²) in [5, 5.41) is 2.48. The zero-order valence-corrected chi connectivity index (χ0v) is 39.8. The summed E-state index contributed by atoms with van der Waals surface area (Å²) in [6, 6.07) is 27.5. The number of halogens is 11. The van der Waals surface area contributed by atoms with Crippen LogP contribution in [0, 0.1) is 23.3 Å². The summed E-state index contributed by atoms with van der Waals surface area (Å²) in [6.45, 7) is 3.04. The Labute approximate surface area is 419 Å². The Balaban J connectivity index is 0.000000223. The van der Waals surface area contributed by atoms with E-state index in [1.54, 1.807) is 36.4 Å². The summed E-state index contributed by atoms with van der Waals surface area (Å²) in [4.78, 5) is 53.5. The molecule has 0 unspecified atom stereocenters. The summed E-state index contributed by atoms with van der Waals surface area (Å²) >= 11 is 4.64. The van der Waals surface area contributed by atoms with Gasteiger partial charge in [-0.05, 0) is 109 Å². The first-order chi connectivity index (χ1) is 34.6. The molecule has 0 bridgehead atoms. The molecule has 6 aromatic rings. The van der Waals surface area contributed by atoms with Crippen molar-refractivity contribution < 1.29 is 63.1 Å². The molecule has 1 N–H and O–H groups in total. The second-order valence-corrected chi connectivity index (χ2v) is 17.5. The van der Waals surface area contributed by atoms with Crippen molar-refractivity contribution in [2.45, 2.75) is 76.1 Å². The van der Waals surface area contributed by atoms with Crippen LogP contribution in [-0.4, -0.2) is 45.9 Å². The fourth-order valence-corrected chi connectivity index (χ4v) is 8.80. The fourth-order valence-electron chi connectivity index (χ4n) is 8.80. The van der Waals surface area contributed by atoms with Gasteiger partial charge in [0.05, 0.1) is 34.6 Å². The minimum absolute atomic E-state index is 0.0392. The molecule has 2 heterocycles. The monoisotopic (exact) mass is 1040 g/mol. The molecule has 0 saturated carbocycles. The van der Waals surface area contributed by atoms with Gasteiger partial charge in [-0.3, -0.25) is 24.1 Å². The molecule has 2 aliphatic heterocycles. The average molecular weight is 1040 g/mol. The Morgan fingerprint density at radius 3 is 1.37 bits per heavy atom. The second-order valence-electron chi connectivity index (χ2n) is 16.9. The molecule has 384 valence electrons. The first kappa shape index (κ1) is 55.1. The number of para-hydroxylation sites is 2. The molecule has 73 heavy (non-hydrogen) atoms. The van der Waals surface area contributed by atoms with Gasteiger partial charge in [0.1, 0.15) is 35.4 Å². The Morgan fingerprint density at radius 1 is 0.548 bits per heavy atom. The van der Waals surface area contributed by atoms with Crippen LogP contribution in [0.3, 0.4) is 0 Å². The standard InChI is InChI=1S/C27H23F5N2O2.C25H21F5N2O.C2H3ClO/c1-17(35)34(24-10-5-4-9-22(24)29)25(18-12-14-19(15-13-18)27(30,31)32)26(36)33-16-6-11-23(33)20-7-2-3-8-21(20)28;26-19-7-2-1-6-18(19)22-10-5-15-32(22)24(33)23(31-21-9-4-3-8-20(21)27)16-11-13-17(14-12-16)25(28,29)30;1-2(3)4/h2-5,7-10,12-15,23,25H,6,11,16H2,1H3;1-4,6-9,11-14,22-23,31H,5,10,15H2;1H3/t23-,25-;22-,23-;/m00./s1. The summed E-state index contributed by atoms with van der Waals surface area (Å²) < 4.78 is 137. The molecule has 0 radical (unpaired) electrons. The highest BCUT2D eigenvalue weighted by molar-refractivity contribution is 6.62. The van der Waals surface area contributed by atoms with Crippen molar-refractivity contribution in [3.05, 3.63) is 202 Å². The zero-order valence-electron chi connectivity index (χ0n) is 39.0. The lowest BCUT2D eigenvalue weighted by molar-refractivity contribution is -0.138. The van der Waals surface area contributed by atoms with Crippen molar-refractivity contribution in [3.63, 3.8) is 0 Å². The van der Waals surface area contributed by atoms with Crippen molar-refractivity contribution >= 4 is 45.9 Å². The van der Waals surface area contributed by atoms with Gasteiger partial charge in [-0.25, -0.2) is 17.6 Å². The number of hydrogen-bond donors (Lipinski definition) is 1. The Kier molecular flexibility index (Phi) is 18.1. The minimum Gasteiger partial charge on any atom is -0.368 e. The normalized spacial score (nSPS) is 16.3. The van der Waals surface area contributed by atoms with E-state index >= 15 is 0 Å². The van der Waals surface area contributed by atoms with E-state index in [-0.39, 0.29) is 34.3 Å².